The number of hydrogen-bond acceptors (Lipinski definition) is 1. The molecule has 1 N–H and O–H groups in total. The summed E-state index contributed by atoms with van der Waals surface area (Å²) in [5.74, 6) is 1.19. The van der Waals surface area contributed by atoms with Crippen molar-refractivity contribution in [3.05, 3.63) is 18.2 Å². The van der Waals surface area contributed by atoms with E-state index in [4.69, 9.17) is 4.74 Å². The first-order valence-electron chi connectivity index (χ1n) is 3.51. The van der Waals surface area contributed by atoms with Crippen LogP contribution in [-0.4, -0.2) is 17.7 Å². The quantitative estimate of drug-likeness (QED) is 0.454. The number of H-pyrrole nitrogens is 1. The normalized spacial score (nSPS) is 23.1. The first kappa shape index (κ1) is 5.92. The molecule has 2 rings (SSSR count). The molecule has 0 aromatic carbocycles. The molecule has 54 valence electrons. The average molecular weight is 139 g/mol. The van der Waals surface area contributed by atoms with Gasteiger partial charge in [-0.15, -0.1) is 0 Å². The fourth-order valence-electron chi connectivity index (χ4n) is 1.03. The summed E-state index contributed by atoms with van der Waals surface area (Å²) < 4.78 is 7.27. The van der Waals surface area contributed by atoms with Crippen LogP contribution >= 0.6 is 0 Å². The Hall–Kier alpha value is -0.830. The summed E-state index contributed by atoms with van der Waals surface area (Å²) in [5, 5.41) is 0. The highest BCUT2D eigenvalue weighted by atomic mass is 16.6. The lowest BCUT2D eigenvalue weighted by atomic mass is 10.4. The van der Waals surface area contributed by atoms with Crippen LogP contribution in [0, 0.1) is 6.92 Å². The first-order chi connectivity index (χ1) is 4.86. The third-order valence-electron chi connectivity index (χ3n) is 1.78. The number of epoxide rings is 1. The molecular formula is C7H11N2O+. The Labute approximate surface area is 59.6 Å². The molecule has 3 heteroatoms. The second-order valence-electron chi connectivity index (χ2n) is 2.65. The zero-order valence-electron chi connectivity index (χ0n) is 6.00. The van der Waals surface area contributed by atoms with Crippen LogP contribution in [0.3, 0.4) is 0 Å². The van der Waals surface area contributed by atoms with Crippen molar-refractivity contribution in [3.63, 3.8) is 0 Å². The van der Waals surface area contributed by atoms with E-state index in [0.29, 0.717) is 6.10 Å². The lowest BCUT2D eigenvalue weighted by Crippen LogP contribution is -2.37. The third kappa shape index (κ3) is 1.04. The van der Waals surface area contributed by atoms with Gasteiger partial charge in [0.1, 0.15) is 25.0 Å². The van der Waals surface area contributed by atoms with Gasteiger partial charge in [-0.2, -0.15) is 0 Å². The predicted molar refractivity (Wildman–Crippen MR) is 35.5 cm³/mol. The fourth-order valence-corrected chi connectivity index (χ4v) is 1.03. The van der Waals surface area contributed by atoms with Gasteiger partial charge in [0, 0.05) is 6.92 Å². The van der Waals surface area contributed by atoms with E-state index in [1.807, 2.05) is 12.4 Å². The second kappa shape index (κ2) is 2.09. The lowest BCUT2D eigenvalue weighted by molar-refractivity contribution is -0.702. The Balaban J connectivity index is 2.08. The number of aromatic nitrogens is 2. The molecule has 1 aliphatic rings. The Morgan fingerprint density at radius 3 is 3.20 bits per heavy atom. The minimum absolute atomic E-state index is 0.472. The van der Waals surface area contributed by atoms with Crippen molar-refractivity contribution < 1.29 is 9.30 Å². The number of imidazole rings is 1. The molecule has 1 aromatic rings. The minimum Gasteiger partial charge on any atom is -0.369 e. The maximum absolute atomic E-state index is 5.10. The molecule has 2 heterocycles. The van der Waals surface area contributed by atoms with Gasteiger partial charge >= 0.3 is 0 Å². The van der Waals surface area contributed by atoms with Crippen molar-refractivity contribution in [2.75, 3.05) is 6.61 Å². The van der Waals surface area contributed by atoms with E-state index >= 15 is 0 Å². The van der Waals surface area contributed by atoms with Crippen molar-refractivity contribution in [1.29, 1.82) is 0 Å². The van der Waals surface area contributed by atoms with Crippen molar-refractivity contribution in [1.82, 2.24) is 4.98 Å². The Bertz CT molecular complexity index is 227. The molecule has 1 unspecified atom stereocenters. The minimum atomic E-state index is 0.472. The zero-order valence-corrected chi connectivity index (χ0v) is 6.00. The number of hydrogen-bond donors (Lipinski definition) is 1. The summed E-state index contributed by atoms with van der Waals surface area (Å²) in [5.41, 5.74) is 0. The van der Waals surface area contributed by atoms with Gasteiger partial charge in [0.2, 0.25) is 0 Å². The fraction of sp³-hybridized carbons (Fsp3) is 0.571. The maximum Gasteiger partial charge on any atom is 0.251 e. The van der Waals surface area contributed by atoms with Gasteiger partial charge in [-0.25, -0.2) is 9.55 Å². The second-order valence-corrected chi connectivity index (χ2v) is 2.65. The maximum atomic E-state index is 5.10. The summed E-state index contributed by atoms with van der Waals surface area (Å²) in [6.45, 7) is 3.98. The van der Waals surface area contributed by atoms with E-state index in [0.717, 1.165) is 13.2 Å². The van der Waals surface area contributed by atoms with Gasteiger partial charge in [0.05, 0.1) is 6.61 Å². The molecule has 0 bridgehead atoms. The van der Waals surface area contributed by atoms with E-state index < -0.39 is 0 Å². The number of nitrogens with one attached hydrogen (secondary N) is 1. The molecule has 0 aliphatic carbocycles. The molecule has 1 atom stereocenters. The predicted octanol–water partition coefficient (Wildman–Crippen LogP) is 0.00942. The van der Waals surface area contributed by atoms with Crippen LogP contribution in [0.1, 0.15) is 5.82 Å². The van der Waals surface area contributed by atoms with E-state index in [1.165, 1.54) is 5.82 Å². The molecular weight excluding hydrogens is 128 g/mol. The zero-order chi connectivity index (χ0) is 6.97. The highest BCUT2D eigenvalue weighted by Crippen LogP contribution is 2.07. The summed E-state index contributed by atoms with van der Waals surface area (Å²) in [6.07, 6.45) is 4.45. The van der Waals surface area contributed by atoms with Gasteiger partial charge in [-0.05, 0) is 0 Å². The van der Waals surface area contributed by atoms with E-state index in [2.05, 4.69) is 16.5 Å². The van der Waals surface area contributed by atoms with Crippen LogP contribution in [-0.2, 0) is 11.3 Å². The molecule has 1 aliphatic heterocycles. The molecule has 0 amide bonds. The van der Waals surface area contributed by atoms with Crippen LogP contribution in [0.25, 0.3) is 0 Å². The Morgan fingerprint density at radius 2 is 2.70 bits per heavy atom. The van der Waals surface area contributed by atoms with Gasteiger partial charge in [-0.3, -0.25) is 0 Å². The molecule has 1 saturated heterocycles. The van der Waals surface area contributed by atoms with Crippen molar-refractivity contribution in [2.45, 2.75) is 19.6 Å². The molecule has 3 nitrogen and oxygen atoms in total. The number of nitrogens with zero attached hydrogens (tertiary/aromatic N) is 1. The Kier molecular flexibility index (Phi) is 1.24. The molecule has 0 radical (unpaired) electrons. The van der Waals surface area contributed by atoms with Crippen LogP contribution in [0.4, 0.5) is 0 Å². The average Bonchev–Trinajstić information content (AvgIpc) is 2.62. The molecule has 1 fully saturated rings. The van der Waals surface area contributed by atoms with Crippen LogP contribution in [0.15, 0.2) is 12.4 Å². The number of rotatable bonds is 2. The van der Waals surface area contributed by atoms with E-state index in [-0.39, 0.29) is 0 Å². The van der Waals surface area contributed by atoms with Gasteiger partial charge < -0.3 is 4.74 Å². The first-order valence-corrected chi connectivity index (χ1v) is 3.51. The SMILES string of the molecule is Cc1[nH]cc[n+]1CC1CO1. The molecule has 0 saturated carbocycles. The van der Waals surface area contributed by atoms with Crippen molar-refractivity contribution in [3.8, 4) is 0 Å². The third-order valence-corrected chi connectivity index (χ3v) is 1.78. The molecule has 1 aromatic heterocycles. The van der Waals surface area contributed by atoms with Crippen molar-refractivity contribution in [2.24, 2.45) is 0 Å². The van der Waals surface area contributed by atoms with Crippen LogP contribution in [0.2, 0.25) is 0 Å². The Morgan fingerprint density at radius 1 is 1.90 bits per heavy atom. The van der Waals surface area contributed by atoms with Crippen LogP contribution < -0.4 is 4.57 Å². The van der Waals surface area contributed by atoms with E-state index in [9.17, 15) is 0 Å². The van der Waals surface area contributed by atoms with E-state index in [1.54, 1.807) is 0 Å². The molecule has 10 heavy (non-hydrogen) atoms. The summed E-state index contributed by atoms with van der Waals surface area (Å²) >= 11 is 0. The standard InChI is InChI=1S/C7H10N2O/c1-6-8-2-3-9(6)4-7-5-10-7/h2-3,7H,4-5H2,1H3/p+1. The number of ether oxygens (including phenoxy) is 1. The summed E-state index contributed by atoms with van der Waals surface area (Å²) in [7, 11) is 0. The highest BCUT2D eigenvalue weighted by molar-refractivity contribution is 4.72. The summed E-state index contributed by atoms with van der Waals surface area (Å²) in [6, 6.07) is 0. The van der Waals surface area contributed by atoms with Gasteiger partial charge in [0.25, 0.3) is 5.82 Å². The topological polar surface area (TPSA) is 32.2 Å². The van der Waals surface area contributed by atoms with Crippen molar-refractivity contribution >= 4 is 0 Å². The van der Waals surface area contributed by atoms with Gasteiger partial charge in [-0.1, -0.05) is 0 Å². The summed E-state index contributed by atoms with van der Waals surface area (Å²) in [4.78, 5) is 3.11. The molecule has 0 spiro atoms. The lowest BCUT2D eigenvalue weighted by Gasteiger charge is -1.90. The highest BCUT2D eigenvalue weighted by Gasteiger charge is 2.25. The number of aromatic amines is 1. The van der Waals surface area contributed by atoms with Gasteiger partial charge in [0.15, 0.2) is 0 Å². The largest absolute Gasteiger partial charge is 0.369 e. The smallest absolute Gasteiger partial charge is 0.251 e. The monoisotopic (exact) mass is 139 g/mol. The number of aryl methyl sites for hydroxylation is 1. The van der Waals surface area contributed by atoms with Crippen LogP contribution in [0.5, 0.6) is 0 Å².